The van der Waals surface area contributed by atoms with Gasteiger partial charge in [0.1, 0.15) is 5.75 Å². The van der Waals surface area contributed by atoms with Crippen LogP contribution in [0, 0.1) is 0 Å². The number of nitrogens with zero attached hydrogens (tertiary/aromatic N) is 3. The van der Waals surface area contributed by atoms with Crippen molar-refractivity contribution >= 4 is 28.9 Å². The summed E-state index contributed by atoms with van der Waals surface area (Å²) in [5.41, 5.74) is 7.09. The first-order valence-electron chi connectivity index (χ1n) is 5.83. The highest BCUT2D eigenvalue weighted by Crippen LogP contribution is 2.30. The van der Waals surface area contributed by atoms with Crippen LogP contribution in [0.15, 0.2) is 24.5 Å². The number of benzene rings is 1. The number of ether oxygens (including phenoxy) is 1. The molecule has 0 saturated carbocycles. The fourth-order valence-corrected chi connectivity index (χ4v) is 1.95. The third-order valence-electron chi connectivity index (χ3n) is 2.93. The molecule has 1 aromatic carbocycles. The van der Waals surface area contributed by atoms with E-state index < -0.39 is 0 Å². The number of carbonyl (C=O) groups excluding carboxylic acids is 1. The number of halogens is 1. The SMILES string of the molecule is COc1cc(N)c(Cl)cc1C(=O)N(C)c1cnn(C)c1. The van der Waals surface area contributed by atoms with Crippen molar-refractivity contribution in [3.05, 3.63) is 35.1 Å². The van der Waals surface area contributed by atoms with Crippen molar-refractivity contribution < 1.29 is 9.53 Å². The maximum atomic E-state index is 12.5. The molecule has 1 heterocycles. The second-order valence-electron chi connectivity index (χ2n) is 4.31. The molecule has 2 aromatic rings. The van der Waals surface area contributed by atoms with E-state index in [1.807, 2.05) is 0 Å². The summed E-state index contributed by atoms with van der Waals surface area (Å²) in [7, 11) is 4.91. The summed E-state index contributed by atoms with van der Waals surface area (Å²) >= 11 is 5.97. The van der Waals surface area contributed by atoms with Gasteiger partial charge in [-0.05, 0) is 6.07 Å². The van der Waals surface area contributed by atoms with Crippen LogP contribution in [0.3, 0.4) is 0 Å². The van der Waals surface area contributed by atoms with Crippen LogP contribution in [-0.4, -0.2) is 29.8 Å². The number of amides is 1. The van der Waals surface area contributed by atoms with Gasteiger partial charge >= 0.3 is 0 Å². The Kier molecular flexibility index (Phi) is 3.85. The third kappa shape index (κ3) is 2.55. The molecule has 1 amide bonds. The molecule has 0 saturated heterocycles. The first-order chi connectivity index (χ1) is 9.43. The number of methoxy groups -OCH3 is 1. The van der Waals surface area contributed by atoms with Gasteiger partial charge in [-0.2, -0.15) is 5.10 Å². The van der Waals surface area contributed by atoms with Crippen molar-refractivity contribution in [1.82, 2.24) is 9.78 Å². The number of hydrogen-bond acceptors (Lipinski definition) is 4. The van der Waals surface area contributed by atoms with E-state index in [1.54, 1.807) is 31.2 Å². The Morgan fingerprint density at radius 2 is 2.20 bits per heavy atom. The lowest BCUT2D eigenvalue weighted by molar-refractivity contribution is 0.0990. The maximum absolute atomic E-state index is 12.5. The van der Waals surface area contributed by atoms with Crippen LogP contribution in [-0.2, 0) is 7.05 Å². The van der Waals surface area contributed by atoms with Crippen LogP contribution >= 0.6 is 11.6 Å². The first-order valence-corrected chi connectivity index (χ1v) is 6.21. The molecule has 106 valence electrons. The van der Waals surface area contributed by atoms with Crippen molar-refractivity contribution in [1.29, 1.82) is 0 Å². The second kappa shape index (κ2) is 5.42. The smallest absolute Gasteiger partial charge is 0.261 e. The molecule has 1 aromatic heterocycles. The molecular weight excluding hydrogens is 280 g/mol. The summed E-state index contributed by atoms with van der Waals surface area (Å²) in [6.07, 6.45) is 3.34. The number of aromatic nitrogens is 2. The van der Waals surface area contributed by atoms with Crippen LogP contribution in [0.5, 0.6) is 5.75 Å². The minimum atomic E-state index is -0.253. The van der Waals surface area contributed by atoms with Gasteiger partial charge < -0.3 is 15.4 Å². The zero-order valence-electron chi connectivity index (χ0n) is 11.4. The van der Waals surface area contributed by atoms with Crippen molar-refractivity contribution in [3.8, 4) is 5.75 Å². The Labute approximate surface area is 121 Å². The highest BCUT2D eigenvalue weighted by Gasteiger charge is 2.20. The van der Waals surface area contributed by atoms with Gasteiger partial charge in [-0.25, -0.2) is 0 Å². The maximum Gasteiger partial charge on any atom is 0.261 e. The van der Waals surface area contributed by atoms with Crippen LogP contribution in [0.2, 0.25) is 5.02 Å². The molecule has 0 atom stereocenters. The fourth-order valence-electron chi connectivity index (χ4n) is 1.78. The van der Waals surface area contributed by atoms with Gasteiger partial charge in [-0.3, -0.25) is 9.48 Å². The predicted octanol–water partition coefficient (Wildman–Crippen LogP) is 1.94. The van der Waals surface area contributed by atoms with Crippen molar-refractivity contribution in [2.24, 2.45) is 7.05 Å². The standard InChI is InChI=1S/C13H15ClN4O2/c1-17-7-8(6-16-17)18(2)13(19)9-4-10(14)11(15)5-12(9)20-3/h4-7H,15H2,1-3H3. The molecule has 0 spiro atoms. The topological polar surface area (TPSA) is 73.4 Å². The molecule has 0 radical (unpaired) electrons. The lowest BCUT2D eigenvalue weighted by Gasteiger charge is -2.17. The van der Waals surface area contributed by atoms with Crippen LogP contribution < -0.4 is 15.4 Å². The van der Waals surface area contributed by atoms with E-state index in [0.29, 0.717) is 27.7 Å². The van der Waals surface area contributed by atoms with Crippen LogP contribution in [0.25, 0.3) is 0 Å². The summed E-state index contributed by atoms with van der Waals surface area (Å²) in [5.74, 6) is 0.129. The lowest BCUT2D eigenvalue weighted by Crippen LogP contribution is -2.26. The molecule has 0 aliphatic heterocycles. The van der Waals surface area contributed by atoms with E-state index in [-0.39, 0.29) is 5.91 Å². The van der Waals surface area contributed by atoms with Crippen LogP contribution in [0.4, 0.5) is 11.4 Å². The Morgan fingerprint density at radius 3 is 2.75 bits per heavy atom. The number of carbonyl (C=O) groups is 1. The number of nitrogen functional groups attached to an aromatic ring is 1. The third-order valence-corrected chi connectivity index (χ3v) is 3.26. The van der Waals surface area contributed by atoms with Gasteiger partial charge in [0, 0.05) is 26.4 Å². The van der Waals surface area contributed by atoms with Gasteiger partial charge in [0.2, 0.25) is 0 Å². The molecule has 0 aliphatic rings. The van der Waals surface area contributed by atoms with Gasteiger partial charge in [0.15, 0.2) is 0 Å². The highest BCUT2D eigenvalue weighted by atomic mass is 35.5. The molecule has 2 rings (SSSR count). The van der Waals surface area contributed by atoms with Crippen molar-refractivity contribution in [2.45, 2.75) is 0 Å². The van der Waals surface area contributed by atoms with Crippen molar-refractivity contribution in [3.63, 3.8) is 0 Å². The van der Waals surface area contributed by atoms with E-state index in [1.165, 1.54) is 24.1 Å². The molecule has 0 unspecified atom stereocenters. The Bertz CT molecular complexity index is 654. The van der Waals surface area contributed by atoms with E-state index in [9.17, 15) is 4.79 Å². The van der Waals surface area contributed by atoms with Crippen molar-refractivity contribution in [2.75, 3.05) is 24.8 Å². The normalized spacial score (nSPS) is 10.4. The average molecular weight is 295 g/mol. The number of aryl methyl sites for hydroxylation is 1. The summed E-state index contributed by atoms with van der Waals surface area (Å²) in [4.78, 5) is 14.0. The van der Waals surface area contributed by atoms with Gasteiger partial charge in [0.25, 0.3) is 5.91 Å². The molecule has 0 bridgehead atoms. The largest absolute Gasteiger partial charge is 0.496 e. The Hall–Kier alpha value is -2.21. The van der Waals surface area contributed by atoms with Gasteiger partial charge in [-0.1, -0.05) is 11.6 Å². The first kappa shape index (κ1) is 14.2. The zero-order chi connectivity index (χ0) is 14.9. The van der Waals surface area contributed by atoms with Gasteiger partial charge in [0.05, 0.1) is 35.3 Å². The van der Waals surface area contributed by atoms with E-state index in [2.05, 4.69) is 5.10 Å². The molecule has 0 aliphatic carbocycles. The Balaban J connectivity index is 2.40. The highest BCUT2D eigenvalue weighted by molar-refractivity contribution is 6.33. The fraction of sp³-hybridized carbons (Fsp3) is 0.231. The summed E-state index contributed by atoms with van der Waals surface area (Å²) in [5, 5.41) is 4.35. The zero-order valence-corrected chi connectivity index (χ0v) is 12.2. The summed E-state index contributed by atoms with van der Waals surface area (Å²) < 4.78 is 6.80. The molecular formula is C13H15ClN4O2. The summed E-state index contributed by atoms with van der Waals surface area (Å²) in [6, 6.07) is 3.04. The Morgan fingerprint density at radius 1 is 1.50 bits per heavy atom. The number of anilines is 2. The molecule has 6 nitrogen and oxygen atoms in total. The molecule has 2 N–H and O–H groups in total. The average Bonchev–Trinajstić information content (AvgIpc) is 2.86. The predicted molar refractivity (Wildman–Crippen MR) is 78.4 cm³/mol. The molecule has 0 fully saturated rings. The molecule has 20 heavy (non-hydrogen) atoms. The molecule has 7 heteroatoms. The number of nitrogens with two attached hydrogens (primary N) is 1. The number of hydrogen-bond donors (Lipinski definition) is 1. The van der Waals surface area contributed by atoms with E-state index in [4.69, 9.17) is 22.1 Å². The minimum Gasteiger partial charge on any atom is -0.496 e. The minimum absolute atomic E-state index is 0.253. The quantitative estimate of drug-likeness (QED) is 0.878. The van der Waals surface area contributed by atoms with E-state index >= 15 is 0 Å². The van der Waals surface area contributed by atoms with Gasteiger partial charge in [-0.15, -0.1) is 0 Å². The second-order valence-corrected chi connectivity index (χ2v) is 4.72. The summed E-state index contributed by atoms with van der Waals surface area (Å²) in [6.45, 7) is 0. The van der Waals surface area contributed by atoms with Crippen LogP contribution in [0.1, 0.15) is 10.4 Å². The number of rotatable bonds is 3. The van der Waals surface area contributed by atoms with E-state index in [0.717, 1.165) is 0 Å². The lowest BCUT2D eigenvalue weighted by atomic mass is 10.1. The monoisotopic (exact) mass is 294 g/mol.